The van der Waals surface area contributed by atoms with Crippen LogP contribution in [-0.4, -0.2) is 56.2 Å². The Bertz CT molecular complexity index is 1130. The summed E-state index contributed by atoms with van der Waals surface area (Å²) in [5.41, 5.74) is -0.613. The van der Waals surface area contributed by atoms with Gasteiger partial charge in [-0.2, -0.15) is 0 Å². The molecule has 6 nitrogen and oxygen atoms in total. The fraction of sp³-hybridized carbons (Fsp3) is 0.588. The summed E-state index contributed by atoms with van der Waals surface area (Å²) in [7, 11) is -1.43. The van der Waals surface area contributed by atoms with E-state index in [1.807, 2.05) is 37.8 Å². The average Bonchev–Trinajstić information content (AvgIpc) is 2.91. The molecule has 1 saturated carbocycles. The molecule has 7 heteroatoms. The summed E-state index contributed by atoms with van der Waals surface area (Å²) in [5, 5.41) is 2.24. The molecule has 0 N–H and O–H groups in total. The fourth-order valence-corrected chi connectivity index (χ4v) is 12.0. The van der Waals surface area contributed by atoms with Crippen molar-refractivity contribution in [3.8, 4) is 0 Å². The van der Waals surface area contributed by atoms with Gasteiger partial charge in [0.2, 0.25) is 0 Å². The molecule has 2 aromatic rings. The molecular formula is C34H49NO5Si. The average molecular weight is 580 g/mol. The van der Waals surface area contributed by atoms with Crippen molar-refractivity contribution < 1.29 is 23.5 Å². The van der Waals surface area contributed by atoms with Crippen LogP contribution in [0.4, 0.5) is 4.79 Å². The van der Waals surface area contributed by atoms with Crippen LogP contribution in [0, 0.1) is 11.8 Å². The number of ether oxygens (including phenoxy) is 2. The lowest BCUT2D eigenvalue weighted by molar-refractivity contribution is -0.144. The van der Waals surface area contributed by atoms with Crippen LogP contribution in [0.15, 0.2) is 60.7 Å². The molecule has 1 heterocycles. The minimum absolute atomic E-state index is 0.00209. The van der Waals surface area contributed by atoms with Crippen LogP contribution in [0.2, 0.25) is 5.04 Å². The summed E-state index contributed by atoms with van der Waals surface area (Å²) >= 11 is 0. The highest BCUT2D eigenvalue weighted by Crippen LogP contribution is 2.46. The zero-order valence-corrected chi connectivity index (χ0v) is 27.2. The van der Waals surface area contributed by atoms with E-state index in [2.05, 4.69) is 76.2 Å². The van der Waals surface area contributed by atoms with Crippen molar-refractivity contribution in [1.82, 2.24) is 4.90 Å². The molecule has 0 radical (unpaired) electrons. The van der Waals surface area contributed by atoms with Gasteiger partial charge in [-0.05, 0) is 74.2 Å². The van der Waals surface area contributed by atoms with Crippen LogP contribution in [0.25, 0.3) is 0 Å². The fourth-order valence-electron chi connectivity index (χ4n) is 7.20. The third-order valence-electron chi connectivity index (χ3n) is 9.02. The Hall–Kier alpha value is -2.64. The van der Waals surface area contributed by atoms with Gasteiger partial charge in [-0.1, -0.05) is 87.9 Å². The second-order valence-corrected chi connectivity index (χ2v) is 18.1. The number of hydrogen-bond acceptors (Lipinski definition) is 5. The predicted molar refractivity (Wildman–Crippen MR) is 166 cm³/mol. The van der Waals surface area contributed by atoms with Gasteiger partial charge in [0.25, 0.3) is 8.32 Å². The van der Waals surface area contributed by atoms with Crippen LogP contribution >= 0.6 is 0 Å². The van der Waals surface area contributed by atoms with Gasteiger partial charge < -0.3 is 13.9 Å². The summed E-state index contributed by atoms with van der Waals surface area (Å²) in [6, 6.07) is 21.1. The quantitative estimate of drug-likeness (QED) is 0.297. The largest absolute Gasteiger partial charge is 0.469 e. The van der Waals surface area contributed by atoms with E-state index >= 15 is 0 Å². The molecule has 1 aliphatic heterocycles. The normalized spacial score (nSPS) is 25.3. The molecule has 1 saturated heterocycles. The van der Waals surface area contributed by atoms with Crippen LogP contribution in [0.1, 0.15) is 80.6 Å². The first-order chi connectivity index (χ1) is 19.3. The van der Waals surface area contributed by atoms with Gasteiger partial charge in [0.1, 0.15) is 5.60 Å². The van der Waals surface area contributed by atoms with Crippen LogP contribution in [-0.2, 0) is 18.7 Å². The highest BCUT2D eigenvalue weighted by atomic mass is 28.4. The number of carbonyl (C=O) groups is 2. The number of rotatable bonds is 6. The van der Waals surface area contributed by atoms with Crippen LogP contribution in [0.3, 0.4) is 0 Å². The number of fused-ring (bicyclic) bond motifs is 1. The van der Waals surface area contributed by atoms with Gasteiger partial charge in [0.05, 0.1) is 19.3 Å². The molecule has 0 spiro atoms. The van der Waals surface area contributed by atoms with E-state index in [4.69, 9.17) is 13.9 Å². The van der Waals surface area contributed by atoms with Crippen molar-refractivity contribution >= 4 is 30.8 Å². The molecule has 0 unspecified atom stereocenters. The summed E-state index contributed by atoms with van der Waals surface area (Å²) in [4.78, 5) is 28.3. The van der Waals surface area contributed by atoms with Gasteiger partial charge in [-0.3, -0.25) is 9.69 Å². The van der Waals surface area contributed by atoms with E-state index < -0.39 is 13.9 Å². The van der Waals surface area contributed by atoms with E-state index in [9.17, 15) is 9.59 Å². The number of esters is 1. The maximum atomic E-state index is 13.9. The maximum Gasteiger partial charge on any atom is 0.410 e. The number of hydrogen-bond donors (Lipinski definition) is 0. The molecule has 2 aliphatic rings. The standard InChI is InChI=1S/C34H49NO5Si/c1-24-30(40-41(34(5,6)7,26-17-11-9-12-18-26)27-19-13-10-14-20-27)23-28-25(22-31(36)38-8)16-15-21-29(28)35(24)32(37)39-33(2,3)4/h9-14,17-20,24-25,28-30H,15-16,21-23H2,1-8H3/t24-,25-,28+,29-,30-/m0/s1. The third-order valence-corrected chi connectivity index (χ3v) is 14.1. The van der Waals surface area contributed by atoms with Crippen molar-refractivity contribution in [3.05, 3.63) is 60.7 Å². The monoisotopic (exact) mass is 579 g/mol. The Morgan fingerprint density at radius 3 is 1.95 bits per heavy atom. The Kier molecular flexibility index (Phi) is 9.39. The highest BCUT2D eigenvalue weighted by Gasteiger charge is 2.56. The topological polar surface area (TPSA) is 65.1 Å². The van der Waals surface area contributed by atoms with Gasteiger partial charge in [-0.15, -0.1) is 0 Å². The Morgan fingerprint density at radius 2 is 1.46 bits per heavy atom. The van der Waals surface area contributed by atoms with Crippen molar-refractivity contribution in [2.45, 2.75) is 109 Å². The van der Waals surface area contributed by atoms with E-state index in [1.54, 1.807) is 0 Å². The van der Waals surface area contributed by atoms with Gasteiger partial charge >= 0.3 is 12.1 Å². The van der Waals surface area contributed by atoms with E-state index in [0.29, 0.717) is 6.42 Å². The number of amides is 1. The second-order valence-electron chi connectivity index (χ2n) is 13.9. The molecule has 41 heavy (non-hydrogen) atoms. The van der Waals surface area contributed by atoms with Crippen molar-refractivity contribution in [1.29, 1.82) is 0 Å². The van der Waals surface area contributed by atoms with Gasteiger partial charge in [0, 0.05) is 12.5 Å². The number of nitrogens with zero attached hydrogens (tertiary/aromatic N) is 1. The minimum atomic E-state index is -2.88. The summed E-state index contributed by atoms with van der Waals surface area (Å²) in [5.74, 6) is 0.0567. The predicted octanol–water partition coefficient (Wildman–Crippen LogP) is 6.31. The number of carbonyl (C=O) groups excluding carboxylic acids is 2. The van der Waals surface area contributed by atoms with E-state index in [0.717, 1.165) is 25.7 Å². The highest BCUT2D eigenvalue weighted by molar-refractivity contribution is 6.99. The first-order valence-electron chi connectivity index (χ1n) is 15.2. The first-order valence-corrected chi connectivity index (χ1v) is 17.1. The molecular weight excluding hydrogens is 530 g/mol. The Morgan fingerprint density at radius 1 is 0.902 bits per heavy atom. The first kappa shape index (κ1) is 31.3. The molecule has 224 valence electrons. The van der Waals surface area contributed by atoms with Crippen LogP contribution in [0.5, 0.6) is 0 Å². The SMILES string of the molecule is COC(=O)C[C@@H]1CCC[C@H]2[C@@H]1C[C@H](O[Si](c1ccccc1)(c1ccccc1)C(C)(C)C)[C@H](C)N2C(=O)OC(C)(C)C. The second kappa shape index (κ2) is 12.3. The van der Waals surface area contributed by atoms with Crippen molar-refractivity contribution in [2.75, 3.05) is 7.11 Å². The zero-order chi connectivity index (χ0) is 30.0. The van der Waals surface area contributed by atoms with Crippen molar-refractivity contribution in [3.63, 3.8) is 0 Å². The molecule has 0 aromatic heterocycles. The maximum absolute atomic E-state index is 13.9. The minimum Gasteiger partial charge on any atom is -0.469 e. The van der Waals surface area contributed by atoms with E-state index in [-0.39, 0.29) is 47.1 Å². The molecule has 1 aliphatic carbocycles. The molecule has 2 aromatic carbocycles. The summed E-state index contributed by atoms with van der Waals surface area (Å²) in [6.07, 6.45) is 3.44. The Labute approximate surface area is 247 Å². The number of methoxy groups -OCH3 is 1. The summed E-state index contributed by atoms with van der Waals surface area (Å²) < 4.78 is 18.7. The zero-order valence-electron chi connectivity index (χ0n) is 26.2. The van der Waals surface area contributed by atoms with Gasteiger partial charge in [0.15, 0.2) is 0 Å². The number of piperidine rings is 1. The molecule has 2 fully saturated rings. The lowest BCUT2D eigenvalue weighted by Gasteiger charge is -2.55. The van der Waals surface area contributed by atoms with Crippen LogP contribution < -0.4 is 10.4 Å². The summed E-state index contributed by atoms with van der Waals surface area (Å²) in [6.45, 7) is 14.7. The molecule has 1 amide bonds. The number of benzene rings is 2. The Balaban J connectivity index is 1.83. The molecule has 5 atom stereocenters. The van der Waals surface area contributed by atoms with Crippen molar-refractivity contribution in [2.24, 2.45) is 11.8 Å². The van der Waals surface area contributed by atoms with Gasteiger partial charge in [-0.25, -0.2) is 4.79 Å². The lowest BCUT2D eigenvalue weighted by Crippen LogP contribution is -2.71. The lowest BCUT2D eigenvalue weighted by atomic mass is 9.68. The third kappa shape index (κ3) is 6.56. The molecule has 4 rings (SSSR count). The molecule has 0 bridgehead atoms. The van der Waals surface area contributed by atoms with E-state index in [1.165, 1.54) is 17.5 Å². The number of likely N-dealkylation sites (tertiary alicyclic amines) is 1. The smallest absolute Gasteiger partial charge is 0.410 e.